The Morgan fingerprint density at radius 3 is 2.42 bits per heavy atom. The number of benzene rings is 2. The quantitative estimate of drug-likeness (QED) is 0.377. The third-order valence-electron chi connectivity index (χ3n) is 5.91. The lowest BCUT2D eigenvalue weighted by molar-refractivity contribution is -0.140. The molecule has 0 spiro atoms. The number of aliphatic hydroxyl groups is 1. The minimum Gasteiger partial charge on any atom is -0.507 e. The van der Waals surface area contributed by atoms with Crippen molar-refractivity contribution in [1.29, 1.82) is 0 Å². The fraction of sp³-hybridized carbons (Fsp3) is 0.333. The molecule has 2 aromatic rings. The number of carbonyl (C=O) groups excluding carboxylic acids is 2. The fourth-order valence-electron chi connectivity index (χ4n) is 4.15. The van der Waals surface area contributed by atoms with Crippen LogP contribution in [-0.2, 0) is 14.3 Å². The van der Waals surface area contributed by atoms with E-state index in [0.29, 0.717) is 48.2 Å². The molecule has 2 saturated heterocycles. The summed E-state index contributed by atoms with van der Waals surface area (Å²) in [5, 5.41) is 12.0. The number of rotatable bonds is 6. The molecule has 0 saturated carbocycles. The van der Waals surface area contributed by atoms with Crippen molar-refractivity contribution in [3.63, 3.8) is 0 Å². The largest absolute Gasteiger partial charge is 0.507 e. The summed E-state index contributed by atoms with van der Waals surface area (Å²) < 4.78 is 10.6. The molecule has 0 bridgehead atoms. The number of hydrogen-bond acceptors (Lipinski definition) is 6. The van der Waals surface area contributed by atoms with Crippen LogP contribution in [0.5, 0.6) is 5.75 Å². The molecular weight excluding hydrogens is 467 g/mol. The highest BCUT2D eigenvalue weighted by atomic mass is 35.5. The standard InChI is InChI=1S/C24H24Cl2N2O5/c1-32-19-7-4-16(14-18(19)26)22(29)20-21(15-2-5-17(25)6-3-15)28(24(31)23(20)30)9-8-27-10-12-33-13-11-27/h2-7,14,21,29H,8-13H2,1H3/b22-20-. The Balaban J connectivity index is 1.74. The zero-order valence-corrected chi connectivity index (χ0v) is 19.6. The van der Waals surface area contributed by atoms with Gasteiger partial charge in [-0.25, -0.2) is 0 Å². The Labute approximate surface area is 202 Å². The number of likely N-dealkylation sites (tertiary alicyclic amines) is 1. The number of carbonyl (C=O) groups is 2. The molecule has 4 rings (SSSR count). The van der Waals surface area contributed by atoms with Gasteiger partial charge in [-0.2, -0.15) is 0 Å². The van der Waals surface area contributed by atoms with Gasteiger partial charge in [-0.1, -0.05) is 35.3 Å². The van der Waals surface area contributed by atoms with Crippen molar-refractivity contribution < 1.29 is 24.2 Å². The third kappa shape index (κ3) is 4.87. The molecule has 7 nitrogen and oxygen atoms in total. The zero-order valence-electron chi connectivity index (χ0n) is 18.1. The lowest BCUT2D eigenvalue weighted by Gasteiger charge is -2.31. The Kier molecular flexibility index (Phi) is 7.24. The number of methoxy groups -OCH3 is 1. The van der Waals surface area contributed by atoms with Gasteiger partial charge in [-0.05, 0) is 35.9 Å². The van der Waals surface area contributed by atoms with Crippen molar-refractivity contribution in [2.24, 2.45) is 0 Å². The van der Waals surface area contributed by atoms with E-state index in [-0.39, 0.29) is 16.4 Å². The monoisotopic (exact) mass is 490 g/mol. The van der Waals surface area contributed by atoms with Gasteiger partial charge in [-0.3, -0.25) is 14.5 Å². The van der Waals surface area contributed by atoms with Gasteiger partial charge in [0.25, 0.3) is 11.7 Å². The first-order chi connectivity index (χ1) is 15.9. The molecule has 2 aliphatic heterocycles. The number of ketones is 1. The van der Waals surface area contributed by atoms with Crippen LogP contribution >= 0.6 is 23.2 Å². The van der Waals surface area contributed by atoms with Gasteiger partial charge < -0.3 is 19.5 Å². The Morgan fingerprint density at radius 1 is 1.09 bits per heavy atom. The second-order valence-corrected chi connectivity index (χ2v) is 8.69. The Hall–Kier alpha value is -2.58. The van der Waals surface area contributed by atoms with Crippen LogP contribution in [0.15, 0.2) is 48.0 Å². The molecule has 1 N–H and O–H groups in total. The summed E-state index contributed by atoms with van der Waals surface area (Å²) in [4.78, 5) is 29.9. The molecule has 0 radical (unpaired) electrons. The summed E-state index contributed by atoms with van der Waals surface area (Å²) in [5.74, 6) is -1.23. The predicted octanol–water partition coefficient (Wildman–Crippen LogP) is 3.76. The second-order valence-electron chi connectivity index (χ2n) is 7.85. The normalized spacial score (nSPS) is 20.9. The van der Waals surface area contributed by atoms with E-state index >= 15 is 0 Å². The highest BCUT2D eigenvalue weighted by Crippen LogP contribution is 2.40. The maximum Gasteiger partial charge on any atom is 0.295 e. The first-order valence-corrected chi connectivity index (χ1v) is 11.3. The van der Waals surface area contributed by atoms with Crippen LogP contribution in [0.3, 0.4) is 0 Å². The number of nitrogens with zero attached hydrogens (tertiary/aromatic N) is 2. The minimum absolute atomic E-state index is 0.0190. The first-order valence-electron chi connectivity index (χ1n) is 10.6. The summed E-state index contributed by atoms with van der Waals surface area (Å²) in [7, 11) is 1.49. The summed E-state index contributed by atoms with van der Waals surface area (Å²) in [6, 6.07) is 10.9. The third-order valence-corrected chi connectivity index (χ3v) is 6.46. The van der Waals surface area contributed by atoms with E-state index in [4.69, 9.17) is 32.7 Å². The van der Waals surface area contributed by atoms with E-state index in [0.717, 1.165) is 13.1 Å². The van der Waals surface area contributed by atoms with Crippen molar-refractivity contribution in [2.45, 2.75) is 6.04 Å². The number of Topliss-reactive ketones (excluding diaryl/α,β-unsaturated/α-hetero) is 1. The molecule has 2 heterocycles. The molecule has 0 aromatic heterocycles. The van der Waals surface area contributed by atoms with Gasteiger partial charge in [0.2, 0.25) is 0 Å². The van der Waals surface area contributed by atoms with Crippen LogP contribution in [0.1, 0.15) is 17.2 Å². The van der Waals surface area contributed by atoms with Crippen molar-refractivity contribution in [3.05, 3.63) is 69.2 Å². The fourth-order valence-corrected chi connectivity index (χ4v) is 4.53. The molecule has 0 aliphatic carbocycles. The number of amides is 1. The first kappa shape index (κ1) is 23.6. The molecule has 2 aliphatic rings. The maximum atomic E-state index is 13.1. The maximum absolute atomic E-state index is 13.1. The molecular formula is C24H24Cl2N2O5. The van der Waals surface area contributed by atoms with Crippen molar-refractivity contribution in [1.82, 2.24) is 9.80 Å². The van der Waals surface area contributed by atoms with E-state index in [1.165, 1.54) is 18.1 Å². The lowest BCUT2D eigenvalue weighted by atomic mass is 9.95. The van der Waals surface area contributed by atoms with Crippen molar-refractivity contribution in [2.75, 3.05) is 46.5 Å². The summed E-state index contributed by atoms with van der Waals surface area (Å²) in [6.45, 7) is 3.72. The Morgan fingerprint density at radius 2 is 1.79 bits per heavy atom. The number of morpholine rings is 1. The molecule has 1 atom stereocenters. The molecule has 2 aromatic carbocycles. The van der Waals surface area contributed by atoms with Crippen LogP contribution in [0.4, 0.5) is 0 Å². The zero-order chi connectivity index (χ0) is 23.5. The van der Waals surface area contributed by atoms with Crippen molar-refractivity contribution in [3.8, 4) is 5.75 Å². The SMILES string of the molecule is COc1ccc(/C(O)=C2/C(=O)C(=O)N(CCN3CCOCC3)C2c2ccc(Cl)cc2)cc1Cl. The highest BCUT2D eigenvalue weighted by Gasteiger charge is 2.46. The second kappa shape index (κ2) is 10.1. The topological polar surface area (TPSA) is 79.3 Å². The highest BCUT2D eigenvalue weighted by molar-refractivity contribution is 6.46. The van der Waals surface area contributed by atoms with Crippen molar-refractivity contribution >= 4 is 40.7 Å². The predicted molar refractivity (Wildman–Crippen MR) is 126 cm³/mol. The molecule has 9 heteroatoms. The summed E-state index contributed by atoms with van der Waals surface area (Å²) >= 11 is 12.3. The molecule has 174 valence electrons. The minimum atomic E-state index is -0.746. The average Bonchev–Trinajstić information content (AvgIpc) is 3.08. The van der Waals surface area contributed by atoms with E-state index in [2.05, 4.69) is 4.90 Å². The van der Waals surface area contributed by atoms with Gasteiger partial charge in [0.15, 0.2) is 0 Å². The van der Waals surface area contributed by atoms with E-state index in [1.54, 1.807) is 36.4 Å². The number of halogens is 2. The van der Waals surface area contributed by atoms with Crippen LogP contribution < -0.4 is 4.74 Å². The Bertz CT molecular complexity index is 1080. The molecule has 1 unspecified atom stereocenters. The van der Waals surface area contributed by atoms with E-state index in [9.17, 15) is 14.7 Å². The molecule has 33 heavy (non-hydrogen) atoms. The molecule has 2 fully saturated rings. The number of aliphatic hydroxyl groups excluding tert-OH is 1. The van der Waals surface area contributed by atoms with E-state index in [1.807, 2.05) is 0 Å². The van der Waals surface area contributed by atoms with Gasteiger partial charge in [0, 0.05) is 36.8 Å². The van der Waals surface area contributed by atoms with Gasteiger partial charge in [-0.15, -0.1) is 0 Å². The van der Waals surface area contributed by atoms with Crippen LogP contribution in [0.25, 0.3) is 5.76 Å². The number of hydrogen-bond donors (Lipinski definition) is 1. The smallest absolute Gasteiger partial charge is 0.295 e. The van der Waals surface area contributed by atoms with E-state index < -0.39 is 17.7 Å². The van der Waals surface area contributed by atoms with Crippen LogP contribution in [0.2, 0.25) is 10.0 Å². The average molecular weight is 491 g/mol. The van der Waals surface area contributed by atoms with Gasteiger partial charge >= 0.3 is 0 Å². The summed E-state index contributed by atoms with van der Waals surface area (Å²) in [6.07, 6.45) is 0. The van der Waals surface area contributed by atoms with Crippen LogP contribution in [-0.4, -0.2) is 73.1 Å². The van der Waals surface area contributed by atoms with Crippen LogP contribution in [0, 0.1) is 0 Å². The van der Waals surface area contributed by atoms with Gasteiger partial charge in [0.05, 0.1) is 37.0 Å². The lowest BCUT2D eigenvalue weighted by Crippen LogP contribution is -2.42. The summed E-state index contributed by atoms with van der Waals surface area (Å²) in [5.41, 5.74) is 1.03. The number of ether oxygens (including phenoxy) is 2. The molecule has 1 amide bonds. The van der Waals surface area contributed by atoms with Gasteiger partial charge in [0.1, 0.15) is 11.5 Å².